The summed E-state index contributed by atoms with van der Waals surface area (Å²) in [6.45, 7) is 0.469. The van der Waals surface area contributed by atoms with Crippen molar-refractivity contribution in [3.63, 3.8) is 0 Å². The molecule has 0 atom stereocenters. The van der Waals surface area contributed by atoms with Crippen LogP contribution in [0.25, 0.3) is 11.3 Å². The molecule has 134 valence electrons. The molecule has 0 spiro atoms. The van der Waals surface area contributed by atoms with Gasteiger partial charge < -0.3 is 15.7 Å². The third-order valence-corrected chi connectivity index (χ3v) is 3.59. The van der Waals surface area contributed by atoms with Crippen molar-refractivity contribution in [3.05, 3.63) is 71.8 Å². The van der Waals surface area contributed by atoms with Gasteiger partial charge in [-0.3, -0.25) is 0 Å². The number of nitrogens with zero attached hydrogens (tertiary/aromatic N) is 2. The number of aromatic nitrogens is 2. The predicted molar refractivity (Wildman–Crippen MR) is 96.7 cm³/mol. The van der Waals surface area contributed by atoms with Crippen molar-refractivity contribution in [2.24, 2.45) is 0 Å². The van der Waals surface area contributed by atoms with E-state index in [0.717, 1.165) is 11.6 Å². The summed E-state index contributed by atoms with van der Waals surface area (Å²) in [5.41, 5.74) is 2.06. The Kier molecular flexibility index (Phi) is 5.70. The second kappa shape index (κ2) is 8.35. The highest BCUT2D eigenvalue weighted by Crippen LogP contribution is 2.21. The van der Waals surface area contributed by atoms with Gasteiger partial charge in [0.05, 0.1) is 12.3 Å². The SMILES string of the molecule is OCCNc1nc(NCc2cc(F)cc(F)c2)cc(-c2ccccc2)n1. The van der Waals surface area contributed by atoms with Crippen LogP contribution in [0.15, 0.2) is 54.6 Å². The average molecular weight is 356 g/mol. The van der Waals surface area contributed by atoms with Crippen molar-refractivity contribution in [1.29, 1.82) is 0 Å². The molecule has 0 aliphatic carbocycles. The first kappa shape index (κ1) is 17.8. The van der Waals surface area contributed by atoms with Crippen molar-refractivity contribution >= 4 is 11.8 Å². The maximum absolute atomic E-state index is 13.3. The van der Waals surface area contributed by atoms with E-state index in [9.17, 15) is 8.78 Å². The Balaban J connectivity index is 1.85. The van der Waals surface area contributed by atoms with E-state index in [1.165, 1.54) is 12.1 Å². The summed E-state index contributed by atoms with van der Waals surface area (Å²) in [5.74, 6) is -0.392. The number of anilines is 2. The molecule has 0 saturated heterocycles. The number of aliphatic hydroxyl groups excluding tert-OH is 1. The van der Waals surface area contributed by atoms with Crippen molar-refractivity contribution in [3.8, 4) is 11.3 Å². The maximum atomic E-state index is 13.3. The minimum absolute atomic E-state index is 0.0513. The fraction of sp³-hybridized carbons (Fsp3) is 0.158. The zero-order chi connectivity index (χ0) is 18.4. The molecule has 5 nitrogen and oxygen atoms in total. The summed E-state index contributed by atoms with van der Waals surface area (Å²) in [7, 11) is 0. The molecule has 0 saturated carbocycles. The van der Waals surface area contributed by atoms with E-state index in [2.05, 4.69) is 20.6 Å². The molecule has 0 unspecified atom stereocenters. The quantitative estimate of drug-likeness (QED) is 0.605. The summed E-state index contributed by atoms with van der Waals surface area (Å²) in [6.07, 6.45) is 0. The van der Waals surface area contributed by atoms with E-state index in [4.69, 9.17) is 5.11 Å². The van der Waals surface area contributed by atoms with Crippen molar-refractivity contribution in [2.45, 2.75) is 6.54 Å². The lowest BCUT2D eigenvalue weighted by molar-refractivity contribution is 0.311. The Labute approximate surface area is 149 Å². The molecule has 7 heteroatoms. The first-order chi connectivity index (χ1) is 12.6. The Bertz CT molecular complexity index is 854. The fourth-order valence-electron chi connectivity index (χ4n) is 2.45. The Hall–Kier alpha value is -3.06. The van der Waals surface area contributed by atoms with E-state index in [1.54, 1.807) is 6.07 Å². The van der Waals surface area contributed by atoms with Crippen LogP contribution in [0.4, 0.5) is 20.5 Å². The largest absolute Gasteiger partial charge is 0.395 e. The Morgan fingerprint density at radius 2 is 1.62 bits per heavy atom. The van der Waals surface area contributed by atoms with E-state index < -0.39 is 11.6 Å². The second-order valence-corrected chi connectivity index (χ2v) is 5.61. The molecule has 0 fully saturated rings. The number of hydrogen-bond acceptors (Lipinski definition) is 5. The summed E-state index contributed by atoms with van der Waals surface area (Å²) in [4.78, 5) is 8.76. The van der Waals surface area contributed by atoms with E-state index in [-0.39, 0.29) is 13.2 Å². The molecule has 0 aliphatic heterocycles. The highest BCUT2D eigenvalue weighted by atomic mass is 19.1. The molecule has 1 heterocycles. The van der Waals surface area contributed by atoms with Gasteiger partial charge in [-0.05, 0) is 17.7 Å². The summed E-state index contributed by atoms with van der Waals surface area (Å²) < 4.78 is 26.6. The molecule has 26 heavy (non-hydrogen) atoms. The average Bonchev–Trinajstić information content (AvgIpc) is 2.64. The number of benzene rings is 2. The van der Waals surface area contributed by atoms with Gasteiger partial charge in [-0.2, -0.15) is 4.98 Å². The van der Waals surface area contributed by atoms with Crippen molar-refractivity contribution in [1.82, 2.24) is 9.97 Å². The molecule has 3 aromatic rings. The molecule has 3 N–H and O–H groups in total. The Morgan fingerprint density at radius 1 is 0.885 bits per heavy atom. The number of aliphatic hydroxyl groups is 1. The highest BCUT2D eigenvalue weighted by Gasteiger charge is 2.07. The van der Waals surface area contributed by atoms with Crippen molar-refractivity contribution in [2.75, 3.05) is 23.8 Å². The lowest BCUT2D eigenvalue weighted by Gasteiger charge is -2.11. The van der Waals surface area contributed by atoms with Gasteiger partial charge in [-0.1, -0.05) is 30.3 Å². The molecule has 0 amide bonds. The summed E-state index contributed by atoms with van der Waals surface area (Å²) in [6, 6.07) is 14.7. The molecule has 0 bridgehead atoms. The van der Waals surface area contributed by atoms with Crippen LogP contribution in [-0.2, 0) is 6.54 Å². The van der Waals surface area contributed by atoms with Gasteiger partial charge in [-0.15, -0.1) is 0 Å². The lowest BCUT2D eigenvalue weighted by atomic mass is 10.1. The molecular formula is C19H18F2N4O. The minimum Gasteiger partial charge on any atom is -0.395 e. The van der Waals surface area contributed by atoms with E-state index in [1.807, 2.05) is 30.3 Å². The number of rotatable bonds is 7. The first-order valence-corrected chi connectivity index (χ1v) is 8.12. The molecular weight excluding hydrogens is 338 g/mol. The van der Waals surface area contributed by atoms with Crippen molar-refractivity contribution < 1.29 is 13.9 Å². The lowest BCUT2D eigenvalue weighted by Crippen LogP contribution is -2.11. The van der Waals surface area contributed by atoms with Crippen LogP contribution >= 0.6 is 0 Å². The van der Waals surface area contributed by atoms with Crippen LogP contribution in [0.1, 0.15) is 5.56 Å². The topological polar surface area (TPSA) is 70.1 Å². The van der Waals surface area contributed by atoms with E-state index in [0.29, 0.717) is 29.6 Å². The number of nitrogens with one attached hydrogen (secondary N) is 2. The number of halogens is 2. The van der Waals surface area contributed by atoms with Crippen LogP contribution in [0.5, 0.6) is 0 Å². The van der Waals surface area contributed by atoms with Gasteiger partial charge in [0.2, 0.25) is 5.95 Å². The smallest absolute Gasteiger partial charge is 0.225 e. The van der Waals surface area contributed by atoms with Crippen LogP contribution in [0.3, 0.4) is 0 Å². The monoisotopic (exact) mass is 356 g/mol. The number of hydrogen-bond donors (Lipinski definition) is 3. The van der Waals surface area contributed by atoms with Crippen LogP contribution in [-0.4, -0.2) is 28.2 Å². The van der Waals surface area contributed by atoms with Crippen LogP contribution < -0.4 is 10.6 Å². The van der Waals surface area contributed by atoms with Gasteiger partial charge in [0.25, 0.3) is 0 Å². The normalized spacial score (nSPS) is 10.6. The third kappa shape index (κ3) is 4.73. The molecule has 0 aliphatic rings. The summed E-state index contributed by atoms with van der Waals surface area (Å²) in [5, 5.41) is 15.0. The first-order valence-electron chi connectivity index (χ1n) is 8.12. The zero-order valence-electron chi connectivity index (χ0n) is 13.9. The second-order valence-electron chi connectivity index (χ2n) is 5.61. The van der Waals surface area contributed by atoms with Crippen LogP contribution in [0, 0.1) is 11.6 Å². The standard InChI is InChI=1S/C19H18F2N4O/c20-15-8-13(9-16(21)10-15)12-23-18-11-17(14-4-2-1-3-5-14)24-19(25-18)22-6-7-26/h1-5,8-11,26H,6-7,12H2,(H2,22,23,24,25). The zero-order valence-corrected chi connectivity index (χ0v) is 13.9. The van der Waals surface area contributed by atoms with Gasteiger partial charge in [0.1, 0.15) is 17.5 Å². The van der Waals surface area contributed by atoms with E-state index >= 15 is 0 Å². The van der Waals surface area contributed by atoms with Gasteiger partial charge in [0.15, 0.2) is 0 Å². The third-order valence-electron chi connectivity index (χ3n) is 3.59. The molecule has 2 aromatic carbocycles. The van der Waals surface area contributed by atoms with Gasteiger partial charge >= 0.3 is 0 Å². The maximum Gasteiger partial charge on any atom is 0.225 e. The molecule has 3 rings (SSSR count). The Morgan fingerprint density at radius 3 is 2.31 bits per heavy atom. The molecule has 0 radical (unpaired) electrons. The minimum atomic E-state index is -0.625. The molecule has 1 aromatic heterocycles. The summed E-state index contributed by atoms with van der Waals surface area (Å²) >= 11 is 0. The highest BCUT2D eigenvalue weighted by molar-refractivity contribution is 5.64. The van der Waals surface area contributed by atoms with Crippen LogP contribution in [0.2, 0.25) is 0 Å². The predicted octanol–water partition coefficient (Wildman–Crippen LogP) is 3.44. The fourth-order valence-corrected chi connectivity index (χ4v) is 2.45. The van der Waals surface area contributed by atoms with Gasteiger partial charge in [-0.25, -0.2) is 13.8 Å². The van der Waals surface area contributed by atoms with Gasteiger partial charge in [0, 0.05) is 30.8 Å².